The van der Waals surface area contributed by atoms with Crippen molar-refractivity contribution in [3.8, 4) is 0 Å². The molecule has 0 aromatic rings. The fourth-order valence-corrected chi connectivity index (χ4v) is 0.903. The van der Waals surface area contributed by atoms with E-state index in [1.807, 2.05) is 0 Å². The van der Waals surface area contributed by atoms with Gasteiger partial charge in [0.15, 0.2) is 0 Å². The number of amides is 1. The third kappa shape index (κ3) is 5.02. The van der Waals surface area contributed by atoms with Gasteiger partial charge >= 0.3 is 5.97 Å². The fraction of sp³-hybridized carbons (Fsp3) is 0.727. The number of nitrogens with zero attached hydrogens (tertiary/aromatic N) is 2. The van der Waals surface area contributed by atoms with Crippen LogP contribution in [0.15, 0.2) is 0 Å². The monoisotopic (exact) mass is 319 g/mol. The number of aliphatic carboxylic acids is 1. The Morgan fingerprint density at radius 3 is 1.76 bits per heavy atom. The molecular formula is C11H22N2O3Y-2. The predicted octanol–water partition coefficient (Wildman–Crippen LogP) is 1.54. The number of carbonyl (C=O) groups is 2. The summed E-state index contributed by atoms with van der Waals surface area (Å²) in [6, 6.07) is 0. The van der Waals surface area contributed by atoms with E-state index in [9.17, 15) is 9.59 Å². The molecule has 6 heteroatoms. The minimum absolute atomic E-state index is 0. The van der Waals surface area contributed by atoms with Crippen molar-refractivity contribution in [2.75, 3.05) is 14.1 Å². The van der Waals surface area contributed by atoms with E-state index in [1.165, 1.54) is 25.8 Å². The maximum Gasteiger partial charge on any atom is 0.329 e. The molecule has 0 spiro atoms. The van der Waals surface area contributed by atoms with Crippen LogP contribution >= 0.6 is 0 Å². The molecule has 0 unspecified atom stereocenters. The van der Waals surface area contributed by atoms with E-state index in [4.69, 9.17) is 5.11 Å². The summed E-state index contributed by atoms with van der Waals surface area (Å²) in [5.41, 5.74) is -2.11. The summed E-state index contributed by atoms with van der Waals surface area (Å²) < 4.78 is 0. The molecule has 0 rings (SSSR count). The second kappa shape index (κ2) is 7.44. The molecular weight excluding hydrogens is 297 g/mol. The number of rotatable bonds is 4. The Morgan fingerprint density at radius 1 is 1.18 bits per heavy atom. The van der Waals surface area contributed by atoms with Crippen LogP contribution in [0.4, 0.5) is 0 Å². The van der Waals surface area contributed by atoms with Crippen molar-refractivity contribution in [3.63, 3.8) is 0 Å². The average Bonchev–Trinajstić information content (AvgIpc) is 2.15. The standard InChI is InChI=1S/C10H19N2O3.CH3.Y/c1-9(2,11-5)7(13)12(6)10(3,4)8(14)15;;/h1-6H3,(H,14,15);1H3;/q2*-1;. The Bertz CT molecular complexity index is 278. The third-order valence-electron chi connectivity index (χ3n) is 2.75. The van der Waals surface area contributed by atoms with Crippen molar-refractivity contribution in [3.05, 3.63) is 12.7 Å². The van der Waals surface area contributed by atoms with Gasteiger partial charge in [0.05, 0.1) is 0 Å². The van der Waals surface area contributed by atoms with Crippen molar-refractivity contribution in [1.82, 2.24) is 4.90 Å². The van der Waals surface area contributed by atoms with Crippen molar-refractivity contribution in [2.24, 2.45) is 0 Å². The Labute approximate surface area is 129 Å². The van der Waals surface area contributed by atoms with Gasteiger partial charge in [0.25, 0.3) is 0 Å². The van der Waals surface area contributed by atoms with Gasteiger partial charge in [-0.1, -0.05) is 13.8 Å². The first-order chi connectivity index (χ1) is 6.57. The zero-order valence-electron chi connectivity index (χ0n) is 11.7. The average molecular weight is 319 g/mol. The summed E-state index contributed by atoms with van der Waals surface area (Å²) in [6.07, 6.45) is 0. The van der Waals surface area contributed by atoms with Gasteiger partial charge in [0.1, 0.15) is 5.54 Å². The number of likely N-dealkylation sites (N-methyl/N-ethyl adjacent to an activating group) is 2. The topological polar surface area (TPSA) is 71.7 Å². The van der Waals surface area contributed by atoms with Gasteiger partial charge < -0.3 is 22.7 Å². The molecule has 0 heterocycles. The molecule has 0 fully saturated rings. The van der Waals surface area contributed by atoms with E-state index in [0.29, 0.717) is 0 Å². The summed E-state index contributed by atoms with van der Waals surface area (Å²) in [6.45, 7) is 6.28. The van der Waals surface area contributed by atoms with Gasteiger partial charge in [0.2, 0.25) is 5.91 Å². The summed E-state index contributed by atoms with van der Waals surface area (Å²) >= 11 is 0. The van der Waals surface area contributed by atoms with E-state index in [-0.39, 0.29) is 46.0 Å². The Hall–Kier alpha value is 0.00390. The molecule has 0 saturated heterocycles. The Morgan fingerprint density at radius 2 is 1.53 bits per heavy atom. The molecule has 17 heavy (non-hydrogen) atoms. The molecule has 0 aliphatic heterocycles. The fourth-order valence-electron chi connectivity index (χ4n) is 0.903. The van der Waals surface area contributed by atoms with Gasteiger partial charge in [-0.15, -0.1) is 0 Å². The van der Waals surface area contributed by atoms with Gasteiger partial charge in [-0.25, -0.2) is 4.79 Å². The SMILES string of the molecule is C[N-]C(C)(C)C(=O)N(C)C(C)(C)C(=O)O.[CH3-].[Y]. The smallest absolute Gasteiger partial charge is 0.329 e. The summed E-state index contributed by atoms with van der Waals surface area (Å²) in [5, 5.41) is 12.9. The molecule has 0 bridgehead atoms. The molecule has 0 saturated carbocycles. The number of carboxylic acids is 1. The number of hydrogen-bond donors (Lipinski definition) is 1. The van der Waals surface area contributed by atoms with Gasteiger partial charge in [-0.2, -0.15) is 7.05 Å². The molecule has 1 N–H and O–H groups in total. The zero-order chi connectivity index (χ0) is 12.4. The van der Waals surface area contributed by atoms with E-state index in [2.05, 4.69) is 5.32 Å². The third-order valence-corrected chi connectivity index (χ3v) is 2.75. The van der Waals surface area contributed by atoms with Crippen LogP contribution in [0.5, 0.6) is 0 Å². The molecule has 5 nitrogen and oxygen atoms in total. The van der Waals surface area contributed by atoms with Crippen molar-refractivity contribution in [1.29, 1.82) is 0 Å². The van der Waals surface area contributed by atoms with Crippen LogP contribution in [-0.4, -0.2) is 47.1 Å². The minimum Gasteiger partial charge on any atom is -0.652 e. The van der Waals surface area contributed by atoms with Gasteiger partial charge in [0, 0.05) is 39.8 Å². The largest absolute Gasteiger partial charge is 0.652 e. The van der Waals surface area contributed by atoms with Gasteiger partial charge in [-0.3, -0.25) is 4.79 Å². The van der Waals surface area contributed by atoms with Crippen LogP contribution in [0.3, 0.4) is 0 Å². The number of hydrogen-bond acceptors (Lipinski definition) is 2. The van der Waals surface area contributed by atoms with Crippen LogP contribution in [0, 0.1) is 7.43 Å². The first-order valence-corrected chi connectivity index (χ1v) is 4.70. The summed E-state index contributed by atoms with van der Waals surface area (Å²) in [4.78, 5) is 24.1. The number of carboxylic acid groups (broad SMARTS) is 1. The second-order valence-corrected chi connectivity index (χ2v) is 4.51. The normalized spacial score (nSPS) is 10.9. The van der Waals surface area contributed by atoms with E-state index in [1.54, 1.807) is 20.9 Å². The van der Waals surface area contributed by atoms with E-state index >= 15 is 0 Å². The van der Waals surface area contributed by atoms with Crippen LogP contribution in [0.25, 0.3) is 5.32 Å². The van der Waals surface area contributed by atoms with Crippen molar-refractivity contribution in [2.45, 2.75) is 38.8 Å². The summed E-state index contributed by atoms with van der Waals surface area (Å²) in [7, 11) is 3.02. The van der Waals surface area contributed by atoms with Crippen LogP contribution < -0.4 is 0 Å². The quantitative estimate of drug-likeness (QED) is 0.799. The first-order valence-electron chi connectivity index (χ1n) is 4.70. The minimum atomic E-state index is -1.22. The Balaban J connectivity index is -0.000000980. The molecule has 1 amide bonds. The molecule has 0 aliphatic carbocycles. The predicted molar refractivity (Wildman–Crippen MR) is 64.3 cm³/mol. The zero-order valence-corrected chi connectivity index (χ0v) is 14.6. The first kappa shape index (κ1) is 22.2. The maximum atomic E-state index is 11.9. The molecule has 0 atom stereocenters. The maximum absolute atomic E-state index is 11.9. The van der Waals surface area contributed by atoms with Gasteiger partial charge in [-0.05, 0) is 19.4 Å². The molecule has 0 aromatic heterocycles. The molecule has 99 valence electrons. The summed E-state index contributed by atoms with van der Waals surface area (Å²) in [5.74, 6) is -1.34. The van der Waals surface area contributed by atoms with E-state index < -0.39 is 17.0 Å². The van der Waals surface area contributed by atoms with Crippen LogP contribution in [0.2, 0.25) is 0 Å². The number of carbonyl (C=O) groups excluding carboxylic acids is 1. The molecule has 0 aliphatic rings. The van der Waals surface area contributed by atoms with Crippen molar-refractivity contribution < 1.29 is 47.4 Å². The molecule has 1 radical (unpaired) electrons. The van der Waals surface area contributed by atoms with Crippen LogP contribution in [0.1, 0.15) is 27.7 Å². The molecule has 0 aromatic carbocycles. The van der Waals surface area contributed by atoms with Crippen molar-refractivity contribution >= 4 is 11.9 Å². The second-order valence-electron chi connectivity index (χ2n) is 4.51. The van der Waals surface area contributed by atoms with E-state index in [0.717, 1.165) is 0 Å². The Kier molecular flexibility index (Phi) is 9.72. The van der Waals surface area contributed by atoms with Crippen LogP contribution in [-0.2, 0) is 42.3 Å².